The van der Waals surface area contributed by atoms with Gasteiger partial charge in [0.2, 0.25) is 5.91 Å². The highest BCUT2D eigenvalue weighted by Gasteiger charge is 2.40. The van der Waals surface area contributed by atoms with Crippen molar-refractivity contribution in [2.75, 3.05) is 0 Å². The normalized spacial score (nSPS) is 28.2. The maximum atomic E-state index is 13.1. The third kappa shape index (κ3) is 4.40. The number of benzene rings is 2. The third-order valence-electron chi connectivity index (χ3n) is 6.83. The van der Waals surface area contributed by atoms with E-state index in [4.69, 9.17) is 16.3 Å². The zero-order valence-corrected chi connectivity index (χ0v) is 18.6. The Balaban J connectivity index is 1.22. The highest BCUT2D eigenvalue weighted by molar-refractivity contribution is 6.30. The molecule has 1 saturated carbocycles. The molecule has 4 unspecified atom stereocenters. The molecule has 2 aliphatic carbocycles. The lowest BCUT2D eigenvalue weighted by Crippen LogP contribution is -2.55. The van der Waals surface area contributed by atoms with Crippen LogP contribution >= 0.6 is 11.6 Å². The Hall–Kier alpha value is -2.79. The number of ether oxygens (including phenoxy) is 1. The first-order valence-electron chi connectivity index (χ1n) is 11.4. The van der Waals surface area contributed by atoms with E-state index in [1.54, 1.807) is 18.2 Å². The smallest absolute Gasteiger partial charge is 0.286 e. The van der Waals surface area contributed by atoms with Gasteiger partial charge in [0.25, 0.3) is 5.91 Å². The van der Waals surface area contributed by atoms with Crippen LogP contribution in [0.1, 0.15) is 54.8 Å². The van der Waals surface area contributed by atoms with Crippen molar-refractivity contribution in [3.05, 3.63) is 76.0 Å². The van der Waals surface area contributed by atoms with Crippen LogP contribution in [0.4, 0.5) is 0 Å². The lowest BCUT2D eigenvalue weighted by molar-refractivity contribution is -0.135. The molecule has 2 N–H and O–H groups in total. The number of halogens is 1. The van der Waals surface area contributed by atoms with Gasteiger partial charge in [-0.15, -0.1) is 0 Å². The van der Waals surface area contributed by atoms with Crippen molar-refractivity contribution in [3.63, 3.8) is 0 Å². The predicted octanol–water partition coefficient (Wildman–Crippen LogP) is 4.56. The predicted molar refractivity (Wildman–Crippen MR) is 124 cm³/mol. The molecule has 6 heteroatoms. The summed E-state index contributed by atoms with van der Waals surface area (Å²) in [7, 11) is 0. The lowest BCUT2D eigenvalue weighted by atomic mass is 9.81. The zero-order valence-electron chi connectivity index (χ0n) is 17.9. The third-order valence-corrected chi connectivity index (χ3v) is 7.08. The maximum absolute atomic E-state index is 13.1. The number of hydrogen-bond donors (Lipinski definition) is 2. The molecule has 1 heterocycles. The minimum atomic E-state index is -0.233. The van der Waals surface area contributed by atoms with Crippen LogP contribution in [0.15, 0.2) is 54.3 Å². The number of carbonyl (C=O) groups is 2. The molecule has 0 radical (unpaired) electrons. The SMILES string of the molecule is O=C1NC2CC(C(=O)NC3CCCc4ccccc43)CCC2O/C1=C\c1ccc(Cl)cc1. The molecule has 2 aromatic rings. The highest BCUT2D eigenvalue weighted by atomic mass is 35.5. The number of rotatable bonds is 3. The zero-order chi connectivity index (χ0) is 22.1. The van der Waals surface area contributed by atoms with Crippen molar-refractivity contribution in [2.24, 2.45) is 5.92 Å². The Kier molecular flexibility index (Phi) is 5.92. The molecule has 1 aliphatic heterocycles. The molecule has 5 nitrogen and oxygen atoms in total. The quantitative estimate of drug-likeness (QED) is 0.673. The minimum absolute atomic E-state index is 0.0799. The summed E-state index contributed by atoms with van der Waals surface area (Å²) in [6.07, 6.45) is 6.86. The second-order valence-electron chi connectivity index (χ2n) is 8.96. The molecule has 2 aromatic carbocycles. The van der Waals surface area contributed by atoms with Gasteiger partial charge in [0.1, 0.15) is 6.10 Å². The number of nitrogens with one attached hydrogen (secondary N) is 2. The second-order valence-corrected chi connectivity index (χ2v) is 9.40. The first kappa shape index (κ1) is 21.1. The van der Waals surface area contributed by atoms with E-state index in [1.165, 1.54) is 11.1 Å². The van der Waals surface area contributed by atoms with E-state index in [1.807, 2.05) is 18.2 Å². The Morgan fingerprint density at radius 2 is 1.91 bits per heavy atom. The van der Waals surface area contributed by atoms with E-state index < -0.39 is 0 Å². The molecule has 2 amide bonds. The van der Waals surface area contributed by atoms with Gasteiger partial charge < -0.3 is 15.4 Å². The monoisotopic (exact) mass is 450 g/mol. The van der Waals surface area contributed by atoms with E-state index in [2.05, 4.69) is 28.8 Å². The van der Waals surface area contributed by atoms with Gasteiger partial charge >= 0.3 is 0 Å². The topological polar surface area (TPSA) is 67.4 Å². The van der Waals surface area contributed by atoms with Crippen molar-refractivity contribution in [2.45, 2.75) is 56.7 Å². The van der Waals surface area contributed by atoms with E-state index >= 15 is 0 Å². The van der Waals surface area contributed by atoms with Crippen LogP contribution in [0, 0.1) is 5.92 Å². The van der Waals surface area contributed by atoms with Crippen LogP contribution in [0.2, 0.25) is 5.02 Å². The van der Waals surface area contributed by atoms with Crippen LogP contribution in [-0.4, -0.2) is 24.0 Å². The van der Waals surface area contributed by atoms with Crippen LogP contribution in [0.3, 0.4) is 0 Å². The molecule has 166 valence electrons. The standard InChI is InChI=1S/C26H27ClN2O3/c27-19-11-8-16(9-12-19)14-24-26(31)29-22-15-18(10-13-23(22)32-24)25(30)28-21-7-3-5-17-4-1-2-6-20(17)21/h1-2,4,6,8-9,11-12,14,18,21-23H,3,5,7,10,13,15H2,(H,28,30)(H,29,31)/b24-14-. The Morgan fingerprint density at radius 1 is 1.09 bits per heavy atom. The second kappa shape index (κ2) is 8.99. The van der Waals surface area contributed by atoms with Gasteiger partial charge in [-0.3, -0.25) is 9.59 Å². The molecule has 2 fully saturated rings. The number of amides is 2. The molecule has 1 saturated heterocycles. The minimum Gasteiger partial charge on any atom is -0.483 e. The molecule has 0 spiro atoms. The largest absolute Gasteiger partial charge is 0.483 e. The number of carbonyl (C=O) groups excluding carboxylic acids is 2. The molecule has 0 bridgehead atoms. The molecule has 32 heavy (non-hydrogen) atoms. The van der Waals surface area contributed by atoms with Crippen molar-refractivity contribution in [3.8, 4) is 0 Å². The molecular weight excluding hydrogens is 424 g/mol. The van der Waals surface area contributed by atoms with Gasteiger partial charge in [-0.2, -0.15) is 0 Å². The molecule has 0 aromatic heterocycles. The van der Waals surface area contributed by atoms with Gasteiger partial charge in [-0.05, 0) is 73.4 Å². The summed E-state index contributed by atoms with van der Waals surface area (Å²) in [5, 5.41) is 7.00. The van der Waals surface area contributed by atoms with Crippen molar-refractivity contribution in [1.29, 1.82) is 0 Å². The van der Waals surface area contributed by atoms with E-state index in [0.717, 1.165) is 37.7 Å². The van der Waals surface area contributed by atoms with Crippen LogP contribution in [0.5, 0.6) is 0 Å². The Labute approximate surface area is 193 Å². The van der Waals surface area contributed by atoms with E-state index in [-0.39, 0.29) is 35.9 Å². The Morgan fingerprint density at radius 3 is 2.75 bits per heavy atom. The number of hydrogen-bond acceptors (Lipinski definition) is 3. The molecule has 4 atom stereocenters. The fraction of sp³-hybridized carbons (Fsp3) is 0.385. The number of aryl methyl sites for hydroxylation is 1. The van der Waals surface area contributed by atoms with Gasteiger partial charge in [-0.25, -0.2) is 0 Å². The average Bonchev–Trinajstić information content (AvgIpc) is 2.81. The number of morpholine rings is 1. The summed E-state index contributed by atoms with van der Waals surface area (Å²) < 4.78 is 6.05. The van der Waals surface area contributed by atoms with Crippen molar-refractivity contribution in [1.82, 2.24) is 10.6 Å². The summed E-state index contributed by atoms with van der Waals surface area (Å²) >= 11 is 5.94. The summed E-state index contributed by atoms with van der Waals surface area (Å²) in [6, 6.07) is 15.6. The van der Waals surface area contributed by atoms with Crippen molar-refractivity contribution >= 4 is 29.5 Å². The molecule has 5 rings (SSSR count). The summed E-state index contributed by atoms with van der Waals surface area (Å²) in [5.74, 6) is 0.0525. The fourth-order valence-electron chi connectivity index (χ4n) is 5.13. The summed E-state index contributed by atoms with van der Waals surface area (Å²) in [5.41, 5.74) is 3.44. The van der Waals surface area contributed by atoms with Crippen LogP contribution in [-0.2, 0) is 20.7 Å². The average molecular weight is 451 g/mol. The first-order valence-corrected chi connectivity index (χ1v) is 11.8. The van der Waals surface area contributed by atoms with Crippen molar-refractivity contribution < 1.29 is 14.3 Å². The highest BCUT2D eigenvalue weighted by Crippen LogP contribution is 2.34. The van der Waals surface area contributed by atoms with Gasteiger partial charge in [0, 0.05) is 10.9 Å². The van der Waals surface area contributed by atoms with Crippen LogP contribution in [0.25, 0.3) is 6.08 Å². The lowest BCUT2D eigenvalue weighted by Gasteiger charge is -2.40. The van der Waals surface area contributed by atoms with E-state index in [0.29, 0.717) is 17.2 Å². The maximum Gasteiger partial charge on any atom is 0.286 e. The summed E-state index contributed by atoms with van der Waals surface area (Å²) in [6.45, 7) is 0. The van der Waals surface area contributed by atoms with Gasteiger partial charge in [0.15, 0.2) is 5.76 Å². The fourth-order valence-corrected chi connectivity index (χ4v) is 5.26. The van der Waals surface area contributed by atoms with E-state index in [9.17, 15) is 9.59 Å². The summed E-state index contributed by atoms with van der Waals surface area (Å²) in [4.78, 5) is 25.7. The molecular formula is C26H27ClN2O3. The first-order chi connectivity index (χ1) is 15.6. The van der Waals surface area contributed by atoms with Gasteiger partial charge in [-0.1, -0.05) is 48.0 Å². The Bertz CT molecular complexity index is 1050. The molecule has 3 aliphatic rings. The van der Waals surface area contributed by atoms with Gasteiger partial charge in [0.05, 0.1) is 12.1 Å². The van der Waals surface area contributed by atoms with Crippen LogP contribution < -0.4 is 10.6 Å². The number of fused-ring (bicyclic) bond motifs is 2.